The van der Waals surface area contributed by atoms with E-state index in [-0.39, 0.29) is 11.9 Å². The zero-order chi connectivity index (χ0) is 13.7. The van der Waals surface area contributed by atoms with E-state index in [1.807, 2.05) is 6.92 Å². The second-order valence-corrected chi connectivity index (χ2v) is 4.40. The number of rotatable bonds is 6. The first-order valence-electron chi connectivity index (χ1n) is 5.94. The van der Waals surface area contributed by atoms with Gasteiger partial charge in [-0.1, -0.05) is 25.4 Å². The van der Waals surface area contributed by atoms with E-state index in [0.717, 1.165) is 13.1 Å². The normalized spacial score (nSPS) is 12.5. The van der Waals surface area contributed by atoms with E-state index in [1.165, 1.54) is 6.07 Å². The van der Waals surface area contributed by atoms with Gasteiger partial charge in [0.25, 0.3) is 5.69 Å². The van der Waals surface area contributed by atoms with Gasteiger partial charge < -0.3 is 5.32 Å². The first-order valence-corrected chi connectivity index (χ1v) is 6.31. The monoisotopic (exact) mass is 271 g/mol. The van der Waals surface area contributed by atoms with Crippen molar-refractivity contribution < 1.29 is 4.92 Å². The van der Waals surface area contributed by atoms with Crippen molar-refractivity contribution in [3.05, 3.63) is 33.3 Å². The molecule has 0 bridgehead atoms. The van der Waals surface area contributed by atoms with Gasteiger partial charge in [0.15, 0.2) is 0 Å². The second kappa shape index (κ2) is 6.56. The molecule has 0 aliphatic rings. The van der Waals surface area contributed by atoms with Crippen LogP contribution in [0.25, 0.3) is 0 Å². The average Bonchev–Trinajstić information content (AvgIpc) is 2.32. The Morgan fingerprint density at radius 2 is 2.06 bits per heavy atom. The first kappa shape index (κ1) is 14.7. The Balaban J connectivity index is 2.93. The third-order valence-electron chi connectivity index (χ3n) is 2.88. The molecule has 1 aromatic carbocycles. The molecule has 0 radical (unpaired) electrons. The Bertz CT molecular complexity index is 422. The molecule has 1 unspecified atom stereocenters. The lowest BCUT2D eigenvalue weighted by molar-refractivity contribution is -0.384. The van der Waals surface area contributed by atoms with Crippen LogP contribution in [0.2, 0.25) is 5.02 Å². The highest BCUT2D eigenvalue weighted by atomic mass is 35.5. The maximum Gasteiger partial charge on any atom is 0.293 e. The lowest BCUT2D eigenvalue weighted by Crippen LogP contribution is -2.38. The summed E-state index contributed by atoms with van der Waals surface area (Å²) in [6.45, 7) is 7.85. The minimum Gasteiger partial charge on any atom is -0.364 e. The topological polar surface area (TPSA) is 58.4 Å². The van der Waals surface area contributed by atoms with Crippen molar-refractivity contribution in [3.63, 3.8) is 0 Å². The number of halogens is 1. The Kier molecular flexibility index (Phi) is 5.37. The molecule has 1 atom stereocenters. The van der Waals surface area contributed by atoms with E-state index in [2.05, 4.69) is 24.1 Å². The fourth-order valence-electron chi connectivity index (χ4n) is 1.87. The summed E-state index contributed by atoms with van der Waals surface area (Å²) in [5, 5.41) is 14.5. The predicted molar refractivity (Wildman–Crippen MR) is 74.1 cm³/mol. The molecule has 1 aromatic rings. The summed E-state index contributed by atoms with van der Waals surface area (Å²) in [5.74, 6) is 0. The molecule has 6 heteroatoms. The highest BCUT2D eigenvalue weighted by Gasteiger charge is 2.17. The molecular formula is C12H18ClN3O2. The van der Waals surface area contributed by atoms with E-state index in [4.69, 9.17) is 11.6 Å². The summed E-state index contributed by atoms with van der Waals surface area (Å²) in [7, 11) is 0. The summed E-state index contributed by atoms with van der Waals surface area (Å²) >= 11 is 5.77. The number of benzene rings is 1. The molecule has 100 valence electrons. The molecule has 0 heterocycles. The lowest BCUT2D eigenvalue weighted by Gasteiger charge is -2.27. The van der Waals surface area contributed by atoms with Gasteiger partial charge in [-0.05, 0) is 32.1 Å². The van der Waals surface area contributed by atoms with Crippen molar-refractivity contribution in [2.24, 2.45) is 0 Å². The third kappa shape index (κ3) is 3.58. The number of nitrogens with one attached hydrogen (secondary N) is 1. The van der Waals surface area contributed by atoms with Crippen LogP contribution in [0.1, 0.15) is 20.8 Å². The Hall–Kier alpha value is -1.33. The Labute approximate surface area is 112 Å². The summed E-state index contributed by atoms with van der Waals surface area (Å²) in [5.41, 5.74) is 0.491. The van der Waals surface area contributed by atoms with Crippen molar-refractivity contribution in [2.45, 2.75) is 26.9 Å². The van der Waals surface area contributed by atoms with Crippen molar-refractivity contribution in [1.29, 1.82) is 0 Å². The van der Waals surface area contributed by atoms with Crippen LogP contribution >= 0.6 is 11.6 Å². The molecule has 0 spiro atoms. The van der Waals surface area contributed by atoms with Gasteiger partial charge in [-0.15, -0.1) is 0 Å². The minimum absolute atomic E-state index is 0.00139. The quantitative estimate of drug-likeness (QED) is 0.490. The summed E-state index contributed by atoms with van der Waals surface area (Å²) in [4.78, 5) is 12.7. The van der Waals surface area contributed by atoms with E-state index < -0.39 is 4.92 Å². The van der Waals surface area contributed by atoms with Crippen molar-refractivity contribution in [2.75, 3.05) is 18.4 Å². The van der Waals surface area contributed by atoms with Crippen LogP contribution in [0.4, 0.5) is 11.4 Å². The molecule has 0 fully saturated rings. The highest BCUT2D eigenvalue weighted by molar-refractivity contribution is 6.30. The van der Waals surface area contributed by atoms with Crippen LogP contribution in [0.15, 0.2) is 18.2 Å². The van der Waals surface area contributed by atoms with Gasteiger partial charge in [-0.25, -0.2) is 0 Å². The van der Waals surface area contributed by atoms with Crippen molar-refractivity contribution in [3.8, 4) is 0 Å². The highest BCUT2D eigenvalue weighted by Crippen LogP contribution is 2.28. The molecule has 0 aromatic heterocycles. The molecule has 0 saturated carbocycles. The van der Waals surface area contributed by atoms with Gasteiger partial charge in [0.05, 0.1) is 11.1 Å². The zero-order valence-electron chi connectivity index (χ0n) is 10.8. The molecule has 0 saturated heterocycles. The van der Waals surface area contributed by atoms with Crippen LogP contribution < -0.4 is 5.32 Å². The fraction of sp³-hybridized carbons (Fsp3) is 0.500. The van der Waals surface area contributed by atoms with E-state index in [1.54, 1.807) is 12.1 Å². The van der Waals surface area contributed by atoms with Gasteiger partial charge in [0, 0.05) is 11.1 Å². The molecule has 0 amide bonds. The van der Waals surface area contributed by atoms with Crippen LogP contribution in [-0.2, 0) is 0 Å². The third-order valence-corrected chi connectivity index (χ3v) is 3.12. The van der Waals surface area contributed by atoms with Crippen LogP contribution in [-0.4, -0.2) is 29.1 Å². The first-order chi connectivity index (χ1) is 8.49. The Morgan fingerprint density at radius 3 is 2.56 bits per heavy atom. The molecule has 0 aliphatic carbocycles. The van der Waals surface area contributed by atoms with Crippen LogP contribution in [0.5, 0.6) is 0 Å². The zero-order valence-corrected chi connectivity index (χ0v) is 11.6. The van der Waals surface area contributed by atoms with Crippen LogP contribution in [0.3, 0.4) is 0 Å². The molecule has 0 aliphatic heterocycles. The van der Waals surface area contributed by atoms with Gasteiger partial charge in [0.2, 0.25) is 0 Å². The average molecular weight is 272 g/mol. The molecule has 18 heavy (non-hydrogen) atoms. The molecule has 1 rings (SSSR count). The van der Waals surface area contributed by atoms with E-state index in [0.29, 0.717) is 10.7 Å². The number of hydrogen-bond acceptors (Lipinski definition) is 4. The summed E-state index contributed by atoms with van der Waals surface area (Å²) < 4.78 is 0. The second-order valence-electron chi connectivity index (χ2n) is 3.96. The fourth-order valence-corrected chi connectivity index (χ4v) is 2.03. The van der Waals surface area contributed by atoms with Gasteiger partial charge in [-0.2, -0.15) is 0 Å². The summed E-state index contributed by atoms with van der Waals surface area (Å²) in [6, 6.07) is 4.64. The number of nitro groups is 1. The Morgan fingerprint density at radius 1 is 1.44 bits per heavy atom. The number of anilines is 1. The largest absolute Gasteiger partial charge is 0.364 e. The standard InChI is InChI=1S/C12H18ClN3O2/c1-4-15(5-2)9(3)14-11-7-6-10(13)8-12(11)16(17)18/h6-9,14H,4-5H2,1-3H3. The smallest absolute Gasteiger partial charge is 0.293 e. The minimum atomic E-state index is -0.427. The lowest BCUT2D eigenvalue weighted by atomic mass is 10.2. The van der Waals surface area contributed by atoms with Crippen LogP contribution in [0, 0.1) is 10.1 Å². The number of nitrogens with zero attached hydrogens (tertiary/aromatic N) is 2. The number of nitro benzene ring substituents is 1. The van der Waals surface area contributed by atoms with Gasteiger partial charge >= 0.3 is 0 Å². The number of hydrogen-bond donors (Lipinski definition) is 1. The molecule has 5 nitrogen and oxygen atoms in total. The van der Waals surface area contributed by atoms with Gasteiger partial charge in [0.1, 0.15) is 5.69 Å². The molecular weight excluding hydrogens is 254 g/mol. The van der Waals surface area contributed by atoms with Crippen molar-refractivity contribution in [1.82, 2.24) is 4.90 Å². The van der Waals surface area contributed by atoms with E-state index >= 15 is 0 Å². The van der Waals surface area contributed by atoms with Crippen molar-refractivity contribution >= 4 is 23.0 Å². The maximum atomic E-state index is 11.0. The SMILES string of the molecule is CCN(CC)C(C)Nc1ccc(Cl)cc1[N+](=O)[O-]. The predicted octanol–water partition coefficient (Wildman–Crippen LogP) is 3.35. The maximum absolute atomic E-state index is 11.0. The summed E-state index contributed by atoms with van der Waals surface area (Å²) in [6.07, 6.45) is 0.0277. The van der Waals surface area contributed by atoms with Gasteiger partial charge in [-0.3, -0.25) is 15.0 Å². The molecule has 1 N–H and O–H groups in total. The van der Waals surface area contributed by atoms with E-state index in [9.17, 15) is 10.1 Å².